The average Bonchev–Trinajstić information content (AvgIpc) is 3.98. The van der Waals surface area contributed by atoms with Crippen molar-refractivity contribution in [3.8, 4) is 0 Å². The van der Waals surface area contributed by atoms with Gasteiger partial charge < -0.3 is 4.90 Å². The third-order valence-corrected chi connectivity index (χ3v) is 19.9. The largest absolute Gasteiger partial charge is 0.310 e. The lowest BCUT2D eigenvalue weighted by molar-refractivity contribution is 0.403. The Bertz CT molecular complexity index is 3710. The van der Waals surface area contributed by atoms with Crippen LogP contribution in [0.1, 0.15) is 196 Å². The molecule has 12 rings (SSSR count). The van der Waals surface area contributed by atoms with Crippen LogP contribution >= 0.6 is 11.3 Å². The van der Waals surface area contributed by atoms with Crippen LogP contribution in [0, 0.1) is 0 Å². The Balaban J connectivity index is 1.24. The number of benzene rings is 6. The summed E-state index contributed by atoms with van der Waals surface area (Å²) in [4.78, 5) is 13.9. The van der Waals surface area contributed by atoms with Gasteiger partial charge >= 0.3 is 0 Å². The van der Waals surface area contributed by atoms with E-state index in [9.17, 15) is 0 Å². The number of nitrogens with zero attached hydrogens (tertiary/aromatic N) is 4. The number of aromatic nitrogens is 1. The molecule has 8 aromatic rings. The van der Waals surface area contributed by atoms with E-state index in [4.69, 9.17) is 4.98 Å². The van der Waals surface area contributed by atoms with Gasteiger partial charge in [0.05, 0.1) is 5.69 Å². The van der Waals surface area contributed by atoms with Crippen LogP contribution in [0.5, 0.6) is 0 Å². The molecule has 0 N–H and O–H groups in total. The Morgan fingerprint density at radius 1 is 0.456 bits per heavy atom. The smallest absolute Gasteiger partial charge is 0.266 e. The quantitative estimate of drug-likeness (QED) is 0.160. The zero-order chi connectivity index (χ0) is 56.7. The minimum atomic E-state index is -0.0796. The van der Waals surface area contributed by atoms with Crippen LogP contribution in [0.4, 0.5) is 51.4 Å². The minimum absolute atomic E-state index is 0.00305. The van der Waals surface area contributed by atoms with Gasteiger partial charge in [-0.3, -0.25) is 9.80 Å². The van der Waals surface area contributed by atoms with Crippen molar-refractivity contribution in [2.24, 2.45) is 0 Å². The highest BCUT2D eigenvalue weighted by molar-refractivity contribution is 7.33. The molecule has 0 radical (unpaired) electrons. The molecule has 2 aliphatic carbocycles. The molecule has 4 aliphatic rings. The first-order valence-electron chi connectivity index (χ1n) is 29.3. The minimum Gasteiger partial charge on any atom is -0.310 e. The van der Waals surface area contributed by atoms with Gasteiger partial charge in [-0.2, -0.15) is 0 Å². The molecule has 0 saturated heterocycles. The molecule has 4 nitrogen and oxygen atoms in total. The van der Waals surface area contributed by atoms with Crippen molar-refractivity contribution in [1.82, 2.24) is 4.98 Å². The molecule has 4 heterocycles. The Morgan fingerprint density at radius 3 is 1.39 bits per heavy atom. The molecule has 6 aromatic carbocycles. The Morgan fingerprint density at radius 2 is 0.899 bits per heavy atom. The molecule has 0 bridgehead atoms. The van der Waals surface area contributed by atoms with Gasteiger partial charge in [-0.15, -0.1) is 11.3 Å². The molecule has 406 valence electrons. The third kappa shape index (κ3) is 8.62. The molecule has 2 aromatic heterocycles. The molecule has 0 atom stereocenters. The monoisotopic (exact) mass is 1060 g/mol. The van der Waals surface area contributed by atoms with Crippen LogP contribution in [0.15, 0.2) is 127 Å². The van der Waals surface area contributed by atoms with E-state index in [-0.39, 0.29) is 50.0 Å². The van der Waals surface area contributed by atoms with Gasteiger partial charge in [0, 0.05) is 55.1 Å². The van der Waals surface area contributed by atoms with Crippen molar-refractivity contribution >= 4 is 95.3 Å². The molecule has 0 saturated carbocycles. The van der Waals surface area contributed by atoms with Crippen LogP contribution in [0.2, 0.25) is 0 Å². The van der Waals surface area contributed by atoms with Crippen LogP contribution < -0.4 is 30.4 Å². The van der Waals surface area contributed by atoms with E-state index in [1.54, 1.807) is 0 Å². The van der Waals surface area contributed by atoms with Crippen LogP contribution in [0.3, 0.4) is 0 Å². The van der Waals surface area contributed by atoms with Crippen LogP contribution in [-0.2, 0) is 43.3 Å². The molecule has 6 heteroatoms. The maximum absolute atomic E-state index is 6.25. The molecular weight excluding hydrogens is 976 g/mol. The average molecular weight is 1060 g/mol. The van der Waals surface area contributed by atoms with E-state index in [1.807, 2.05) is 11.3 Å². The molecule has 79 heavy (non-hydrogen) atoms. The predicted octanol–water partition coefficient (Wildman–Crippen LogP) is 19.0. The number of hydrogen-bond acceptors (Lipinski definition) is 5. The summed E-state index contributed by atoms with van der Waals surface area (Å²) in [7, 11) is 0. The zero-order valence-electron chi connectivity index (χ0n) is 51.3. The Kier molecular flexibility index (Phi) is 11.7. The maximum Gasteiger partial charge on any atom is 0.266 e. The Hall–Kier alpha value is -6.11. The highest BCUT2D eigenvalue weighted by Gasteiger charge is 2.49. The van der Waals surface area contributed by atoms with E-state index >= 15 is 0 Å². The highest BCUT2D eigenvalue weighted by Crippen LogP contribution is 2.56. The van der Waals surface area contributed by atoms with Crippen molar-refractivity contribution in [2.75, 3.05) is 14.7 Å². The first-order chi connectivity index (χ1) is 36.6. The summed E-state index contributed by atoms with van der Waals surface area (Å²) >= 11 is 1.97. The van der Waals surface area contributed by atoms with Crippen molar-refractivity contribution in [2.45, 2.75) is 195 Å². The van der Waals surface area contributed by atoms with Gasteiger partial charge in [0.25, 0.3) is 6.71 Å². The van der Waals surface area contributed by atoms with Crippen LogP contribution in [0.25, 0.3) is 10.1 Å². The topological polar surface area (TPSA) is 22.6 Å². The van der Waals surface area contributed by atoms with Crippen molar-refractivity contribution in [3.05, 3.63) is 172 Å². The van der Waals surface area contributed by atoms with Gasteiger partial charge in [-0.05, 0) is 178 Å². The third-order valence-electron chi connectivity index (χ3n) is 18.6. The summed E-state index contributed by atoms with van der Waals surface area (Å²) in [5.41, 5.74) is 21.8. The standard InChI is InChI=1S/C73H85BN4S/c1-66(2,3)44-21-27-48(28-22-44)77-59-41-61(76(50-31-33-53-55(39-50)72(17,18)42-70(53,13)14)51-32-34-54-56(40-51)73(19,20)43-71(54,15)16)75-65-62(59)74(64-63(77)52-37-46(68(7,8)9)26-36-60(52)79-64)57-38-47(69(10,11)12)25-35-58(57)78(65)49-29-23-45(24-30-49)67(4,5)6/h21-41H,42-43H2,1-20H3. The van der Waals surface area contributed by atoms with E-state index in [0.717, 1.165) is 47.2 Å². The van der Waals surface area contributed by atoms with Crippen molar-refractivity contribution in [3.63, 3.8) is 0 Å². The van der Waals surface area contributed by atoms with Crippen LogP contribution in [-0.4, -0.2) is 11.7 Å². The normalized spacial score (nSPS) is 17.6. The summed E-state index contributed by atoms with van der Waals surface area (Å²) in [6.45, 7) is 47.4. The Labute approximate surface area is 478 Å². The molecular formula is C73H85BN4S. The molecule has 2 aliphatic heterocycles. The lowest BCUT2D eigenvalue weighted by Crippen LogP contribution is -2.61. The second-order valence-corrected chi connectivity index (χ2v) is 32.0. The van der Waals surface area contributed by atoms with Gasteiger partial charge in [0.2, 0.25) is 0 Å². The summed E-state index contributed by atoms with van der Waals surface area (Å²) in [6, 6.07) is 50.7. The van der Waals surface area contributed by atoms with E-state index in [1.165, 1.54) is 87.4 Å². The predicted molar refractivity (Wildman–Crippen MR) is 344 cm³/mol. The van der Waals surface area contributed by atoms with E-state index in [0.29, 0.717) is 0 Å². The lowest BCUT2D eigenvalue weighted by atomic mass is 9.36. The van der Waals surface area contributed by atoms with E-state index in [2.05, 4.69) is 281 Å². The SMILES string of the molecule is CC(C)(C)c1ccc(N2c3ccc(C(C)(C)C)cc3B3c4sc5ccc(C(C)(C)C)cc5c4N(c4ccc(C(C)(C)C)cc4)c4cc(N(c5ccc6c(c5)C(C)(C)CC6(C)C)c5ccc6c(c5)C(C)(C)CC6(C)C)nc2c43)cc1. The van der Waals surface area contributed by atoms with E-state index < -0.39 is 0 Å². The number of anilines is 9. The fourth-order valence-electron chi connectivity index (χ4n) is 14.8. The first kappa shape index (κ1) is 53.5. The van der Waals surface area contributed by atoms with Crippen molar-refractivity contribution in [1.29, 1.82) is 0 Å². The number of thiophene rings is 1. The molecule has 0 spiro atoms. The second-order valence-electron chi connectivity index (χ2n) is 30.9. The second kappa shape index (κ2) is 17.2. The number of fused-ring (bicyclic) bond motifs is 8. The zero-order valence-corrected chi connectivity index (χ0v) is 52.1. The maximum atomic E-state index is 6.25. The highest BCUT2D eigenvalue weighted by atomic mass is 32.1. The number of rotatable bonds is 5. The summed E-state index contributed by atoms with van der Waals surface area (Å²) in [6.07, 6.45) is 2.19. The number of pyridine rings is 1. The van der Waals surface area contributed by atoms with Gasteiger partial charge in [-0.1, -0.05) is 193 Å². The summed E-state index contributed by atoms with van der Waals surface area (Å²) < 4.78 is 2.67. The first-order valence-corrected chi connectivity index (χ1v) is 30.1. The van der Waals surface area contributed by atoms with Gasteiger partial charge in [0.1, 0.15) is 11.6 Å². The number of hydrogen-bond donors (Lipinski definition) is 0. The van der Waals surface area contributed by atoms with Gasteiger partial charge in [0.15, 0.2) is 0 Å². The fourth-order valence-corrected chi connectivity index (χ4v) is 16.1. The lowest BCUT2D eigenvalue weighted by Gasteiger charge is -2.43. The molecule has 0 amide bonds. The molecule has 0 fully saturated rings. The molecule has 0 unspecified atom stereocenters. The van der Waals surface area contributed by atoms with Gasteiger partial charge in [-0.25, -0.2) is 4.98 Å². The summed E-state index contributed by atoms with van der Waals surface area (Å²) in [5.74, 6) is 1.88. The summed E-state index contributed by atoms with van der Waals surface area (Å²) in [5, 5.41) is 1.30. The van der Waals surface area contributed by atoms with Crippen molar-refractivity contribution < 1.29 is 0 Å². The fraction of sp³-hybridized carbons (Fsp3) is 0.411.